The highest BCUT2D eigenvalue weighted by Gasteiger charge is 1.80. The van der Waals surface area contributed by atoms with E-state index in [4.69, 9.17) is 0 Å². The fraction of sp³-hybridized carbons (Fsp3) is 0.667. The molecule has 0 saturated heterocycles. The third-order valence-corrected chi connectivity index (χ3v) is 0.964. The molecule has 0 unspecified atom stereocenters. The second kappa shape index (κ2) is 4.62. The minimum atomic E-state index is 0.340. The van der Waals surface area contributed by atoms with Gasteiger partial charge in [0.05, 0.1) is 25.1 Å². The molecule has 0 spiro atoms. The van der Waals surface area contributed by atoms with Crippen molar-refractivity contribution in [2.24, 2.45) is 20.0 Å². The normalized spacial score (nSPS) is 17.6. The van der Waals surface area contributed by atoms with Crippen molar-refractivity contribution in [2.45, 2.75) is 6.42 Å². The van der Waals surface area contributed by atoms with E-state index in [1.807, 2.05) is 0 Å². The quantitative estimate of drug-likeness (QED) is 0.470. The van der Waals surface area contributed by atoms with Crippen LogP contribution in [0.25, 0.3) is 0 Å². The van der Waals surface area contributed by atoms with Crippen LogP contribution in [-0.2, 0) is 0 Å². The molecule has 0 fully saturated rings. The maximum Gasteiger partial charge on any atom is 0.151 e. The average molecular weight is 136 g/mol. The Bertz CT molecular complexity index is 184. The number of aliphatic imine (C=N–C) groups is 4. The Morgan fingerprint density at radius 2 is 1.40 bits per heavy atom. The summed E-state index contributed by atoms with van der Waals surface area (Å²) in [7, 11) is 0. The zero-order chi connectivity index (χ0) is 7.07. The van der Waals surface area contributed by atoms with Gasteiger partial charge in [-0.3, -0.25) is 0 Å². The van der Waals surface area contributed by atoms with E-state index in [1.165, 1.54) is 0 Å². The average Bonchev–Trinajstić information content (AvgIpc) is 2.01. The van der Waals surface area contributed by atoms with E-state index < -0.39 is 0 Å². The number of rotatable bonds is 0. The van der Waals surface area contributed by atoms with Crippen molar-refractivity contribution in [1.29, 1.82) is 0 Å². The second-order valence-electron chi connectivity index (χ2n) is 1.77. The van der Waals surface area contributed by atoms with Crippen molar-refractivity contribution in [3.05, 3.63) is 0 Å². The summed E-state index contributed by atoms with van der Waals surface area (Å²) < 4.78 is 0. The summed E-state index contributed by atoms with van der Waals surface area (Å²) in [4.78, 5) is 15.2. The van der Waals surface area contributed by atoms with Crippen molar-refractivity contribution < 1.29 is 0 Å². The number of nitrogens with zero attached hydrogens (tertiary/aromatic N) is 4. The molecule has 0 bridgehead atoms. The fourth-order valence-corrected chi connectivity index (χ4v) is 0.527. The standard InChI is InChI=1S/C6H8N4/c1-2-7-4-9-6-10-5-8-3-1/h1-3,6H2. The van der Waals surface area contributed by atoms with Crippen molar-refractivity contribution in [3.8, 4) is 0 Å². The van der Waals surface area contributed by atoms with Crippen LogP contribution in [0.5, 0.6) is 0 Å². The van der Waals surface area contributed by atoms with Crippen LogP contribution in [0.1, 0.15) is 6.42 Å². The van der Waals surface area contributed by atoms with E-state index in [1.54, 1.807) is 0 Å². The molecule has 0 aromatic rings. The first-order chi connectivity index (χ1) is 5.00. The molecule has 0 aromatic carbocycles. The van der Waals surface area contributed by atoms with Crippen LogP contribution in [0, 0.1) is 0 Å². The number of hydrogen-bond acceptors (Lipinski definition) is 4. The lowest BCUT2D eigenvalue weighted by Gasteiger charge is -1.86. The van der Waals surface area contributed by atoms with E-state index in [9.17, 15) is 0 Å². The molecular weight excluding hydrogens is 128 g/mol. The summed E-state index contributed by atoms with van der Waals surface area (Å²) in [6.07, 6.45) is 0.922. The van der Waals surface area contributed by atoms with Crippen molar-refractivity contribution in [2.75, 3.05) is 19.8 Å². The molecular formula is C6H8N4. The summed E-state index contributed by atoms with van der Waals surface area (Å²) in [5.41, 5.74) is 0. The molecule has 1 aliphatic heterocycles. The largest absolute Gasteiger partial charge is 0.226 e. The van der Waals surface area contributed by atoms with E-state index >= 15 is 0 Å². The van der Waals surface area contributed by atoms with Gasteiger partial charge in [-0.25, -0.2) is 20.0 Å². The molecule has 10 heavy (non-hydrogen) atoms. The van der Waals surface area contributed by atoms with E-state index in [0.29, 0.717) is 6.67 Å². The van der Waals surface area contributed by atoms with E-state index in [-0.39, 0.29) is 0 Å². The van der Waals surface area contributed by atoms with Crippen molar-refractivity contribution >= 4 is 12.0 Å². The van der Waals surface area contributed by atoms with Gasteiger partial charge in [-0.15, -0.1) is 0 Å². The van der Waals surface area contributed by atoms with Crippen LogP contribution in [0.4, 0.5) is 0 Å². The van der Waals surface area contributed by atoms with Crippen LogP contribution < -0.4 is 0 Å². The predicted molar refractivity (Wildman–Crippen MR) is 38.9 cm³/mol. The third kappa shape index (κ3) is 2.92. The van der Waals surface area contributed by atoms with Crippen LogP contribution in [0.3, 0.4) is 0 Å². The number of hydrogen-bond donors (Lipinski definition) is 0. The summed E-state index contributed by atoms with van der Waals surface area (Å²) in [6, 6.07) is 5.06. The minimum Gasteiger partial charge on any atom is -0.226 e. The first kappa shape index (κ1) is 6.87. The Morgan fingerprint density at radius 1 is 0.800 bits per heavy atom. The van der Waals surface area contributed by atoms with E-state index in [0.717, 1.165) is 19.5 Å². The van der Waals surface area contributed by atoms with Gasteiger partial charge in [0.1, 0.15) is 0 Å². The SMILES string of the molecule is C1=NCCCN=C=NCN=1. The highest BCUT2D eigenvalue weighted by Crippen LogP contribution is 1.81. The molecule has 0 aliphatic carbocycles. The predicted octanol–water partition coefficient (Wildman–Crippen LogP) is 0.695. The molecule has 0 N–H and O–H groups in total. The Kier molecular flexibility index (Phi) is 3.18. The highest BCUT2D eigenvalue weighted by atomic mass is 15.0. The van der Waals surface area contributed by atoms with Crippen LogP contribution in [0.15, 0.2) is 20.0 Å². The van der Waals surface area contributed by atoms with Crippen LogP contribution in [-0.4, -0.2) is 31.8 Å². The van der Waals surface area contributed by atoms with Gasteiger partial charge in [-0.05, 0) is 6.42 Å². The van der Waals surface area contributed by atoms with Gasteiger partial charge in [0.2, 0.25) is 0 Å². The maximum atomic E-state index is 3.87. The van der Waals surface area contributed by atoms with Gasteiger partial charge >= 0.3 is 0 Å². The van der Waals surface area contributed by atoms with Gasteiger partial charge in [0.15, 0.2) is 6.67 Å². The van der Waals surface area contributed by atoms with Crippen LogP contribution >= 0.6 is 0 Å². The van der Waals surface area contributed by atoms with Gasteiger partial charge < -0.3 is 0 Å². The summed E-state index contributed by atoms with van der Waals surface area (Å²) in [5, 5.41) is 0. The summed E-state index contributed by atoms with van der Waals surface area (Å²) >= 11 is 0. The maximum absolute atomic E-state index is 3.87. The molecule has 1 aliphatic rings. The molecule has 0 aromatic heterocycles. The molecule has 1 rings (SSSR count). The Labute approximate surface area is 59.1 Å². The second-order valence-corrected chi connectivity index (χ2v) is 1.77. The van der Waals surface area contributed by atoms with Crippen molar-refractivity contribution in [1.82, 2.24) is 0 Å². The van der Waals surface area contributed by atoms with Gasteiger partial charge in [-0.2, -0.15) is 0 Å². The molecule has 4 nitrogen and oxygen atoms in total. The monoisotopic (exact) mass is 136 g/mol. The molecule has 1 heterocycles. The Morgan fingerprint density at radius 3 is 2.00 bits per heavy atom. The van der Waals surface area contributed by atoms with Gasteiger partial charge in [0, 0.05) is 0 Å². The Hall–Kier alpha value is -1.24. The zero-order valence-corrected chi connectivity index (χ0v) is 5.62. The summed E-state index contributed by atoms with van der Waals surface area (Å²) in [6.45, 7) is 1.83. The molecule has 0 radical (unpaired) electrons. The van der Waals surface area contributed by atoms with Crippen LogP contribution in [0.2, 0.25) is 0 Å². The van der Waals surface area contributed by atoms with Crippen molar-refractivity contribution in [3.63, 3.8) is 0 Å². The summed E-state index contributed by atoms with van der Waals surface area (Å²) in [5.74, 6) is 0. The molecule has 4 heteroatoms. The van der Waals surface area contributed by atoms with E-state index in [2.05, 4.69) is 32.0 Å². The smallest absolute Gasteiger partial charge is 0.151 e. The molecule has 0 saturated carbocycles. The fourth-order valence-electron chi connectivity index (χ4n) is 0.527. The Balaban J connectivity index is 2.53. The first-order valence-electron chi connectivity index (χ1n) is 3.16. The first-order valence-corrected chi connectivity index (χ1v) is 3.16. The molecule has 52 valence electrons. The zero-order valence-electron chi connectivity index (χ0n) is 5.62. The third-order valence-electron chi connectivity index (χ3n) is 0.964. The molecule has 0 atom stereocenters. The topological polar surface area (TPSA) is 49.4 Å². The lowest BCUT2D eigenvalue weighted by atomic mass is 10.4. The van der Waals surface area contributed by atoms with Gasteiger partial charge in [0.25, 0.3) is 0 Å². The molecule has 0 amide bonds. The lowest BCUT2D eigenvalue weighted by molar-refractivity contribution is 0.847. The minimum absolute atomic E-state index is 0.340. The highest BCUT2D eigenvalue weighted by molar-refractivity contribution is 5.43. The lowest BCUT2D eigenvalue weighted by Crippen LogP contribution is -1.86. The van der Waals surface area contributed by atoms with Gasteiger partial charge in [-0.1, -0.05) is 0 Å².